The molecule has 1 rings (SSSR count). The van der Waals surface area contributed by atoms with Crippen molar-refractivity contribution in [2.75, 3.05) is 40.3 Å². The van der Waals surface area contributed by atoms with Crippen LogP contribution in [0.1, 0.15) is 12.8 Å². The summed E-state index contributed by atoms with van der Waals surface area (Å²) in [6, 6.07) is 0. The lowest BCUT2D eigenvalue weighted by molar-refractivity contribution is 0.0621. The highest BCUT2D eigenvalue weighted by Crippen LogP contribution is 2.03. The average Bonchev–Trinajstić information content (AvgIpc) is 2.49. The Bertz CT molecular complexity index is 111. The molecular weight excluding hydrogens is 152 g/mol. The molecule has 3 nitrogen and oxygen atoms in total. The highest BCUT2D eigenvalue weighted by atomic mass is 16.5. The van der Waals surface area contributed by atoms with Gasteiger partial charge < -0.3 is 15.0 Å². The first-order valence-corrected chi connectivity index (χ1v) is 4.76. The Morgan fingerprint density at radius 3 is 2.92 bits per heavy atom. The van der Waals surface area contributed by atoms with Crippen LogP contribution in [0, 0.1) is 0 Å². The van der Waals surface area contributed by atoms with E-state index in [1.165, 1.54) is 6.42 Å². The van der Waals surface area contributed by atoms with Crippen molar-refractivity contribution >= 4 is 0 Å². The van der Waals surface area contributed by atoms with Crippen LogP contribution in [0.5, 0.6) is 0 Å². The van der Waals surface area contributed by atoms with Gasteiger partial charge in [0.1, 0.15) is 0 Å². The van der Waals surface area contributed by atoms with E-state index in [1.54, 1.807) is 0 Å². The highest BCUT2D eigenvalue weighted by Gasteiger charge is 2.13. The molecule has 0 amide bonds. The van der Waals surface area contributed by atoms with Crippen LogP contribution in [0.3, 0.4) is 0 Å². The summed E-state index contributed by atoms with van der Waals surface area (Å²) in [7, 11) is 4.19. The van der Waals surface area contributed by atoms with E-state index >= 15 is 0 Å². The van der Waals surface area contributed by atoms with E-state index in [-0.39, 0.29) is 0 Å². The van der Waals surface area contributed by atoms with Gasteiger partial charge in [-0.3, -0.25) is 0 Å². The van der Waals surface area contributed by atoms with Gasteiger partial charge in [0.15, 0.2) is 0 Å². The molecule has 0 saturated carbocycles. The maximum absolute atomic E-state index is 5.66. The molecular formula is C9H20N2O. The summed E-state index contributed by atoms with van der Waals surface area (Å²) in [6.07, 6.45) is 2.80. The van der Waals surface area contributed by atoms with Crippen LogP contribution in [0.25, 0.3) is 0 Å². The zero-order valence-corrected chi connectivity index (χ0v) is 8.18. The van der Waals surface area contributed by atoms with E-state index in [4.69, 9.17) is 4.74 Å². The predicted octanol–water partition coefficient (Wildman–Crippen LogP) is 0.317. The fourth-order valence-corrected chi connectivity index (χ4v) is 1.40. The lowest BCUT2D eigenvalue weighted by Gasteiger charge is -2.12. The quantitative estimate of drug-likeness (QED) is 0.604. The van der Waals surface area contributed by atoms with E-state index in [1.807, 2.05) is 0 Å². The second kappa shape index (κ2) is 5.51. The highest BCUT2D eigenvalue weighted by molar-refractivity contribution is 4.70. The smallest absolute Gasteiger partial charge is 0.0711 e. The SMILES string of the molecule is CN(C)CCCOC1CCNC1. The van der Waals surface area contributed by atoms with Gasteiger partial charge in [0.2, 0.25) is 0 Å². The van der Waals surface area contributed by atoms with Gasteiger partial charge in [-0.2, -0.15) is 0 Å². The first-order chi connectivity index (χ1) is 5.79. The topological polar surface area (TPSA) is 24.5 Å². The molecule has 1 saturated heterocycles. The fourth-order valence-electron chi connectivity index (χ4n) is 1.40. The van der Waals surface area contributed by atoms with Gasteiger partial charge in [-0.05, 0) is 40.0 Å². The third kappa shape index (κ3) is 4.04. The minimum atomic E-state index is 0.479. The van der Waals surface area contributed by atoms with Crippen molar-refractivity contribution in [2.24, 2.45) is 0 Å². The fraction of sp³-hybridized carbons (Fsp3) is 1.00. The summed E-state index contributed by atoms with van der Waals surface area (Å²) in [6.45, 7) is 4.20. The number of nitrogens with zero attached hydrogens (tertiary/aromatic N) is 1. The maximum atomic E-state index is 5.66. The van der Waals surface area contributed by atoms with Gasteiger partial charge in [0, 0.05) is 13.2 Å². The lowest BCUT2D eigenvalue weighted by Crippen LogP contribution is -2.20. The zero-order chi connectivity index (χ0) is 8.81. The Balaban J connectivity index is 1.88. The molecule has 1 atom stereocenters. The molecule has 0 radical (unpaired) electrons. The molecule has 0 spiro atoms. The van der Waals surface area contributed by atoms with Crippen LogP contribution in [-0.2, 0) is 4.74 Å². The Hall–Kier alpha value is -0.120. The van der Waals surface area contributed by atoms with Crippen LogP contribution in [0.4, 0.5) is 0 Å². The minimum absolute atomic E-state index is 0.479. The number of nitrogens with one attached hydrogen (secondary N) is 1. The first kappa shape index (κ1) is 9.96. The van der Waals surface area contributed by atoms with Crippen LogP contribution >= 0.6 is 0 Å². The van der Waals surface area contributed by atoms with E-state index < -0.39 is 0 Å². The molecule has 1 heterocycles. The number of ether oxygens (including phenoxy) is 1. The van der Waals surface area contributed by atoms with Gasteiger partial charge in [-0.25, -0.2) is 0 Å². The Labute approximate surface area is 75.1 Å². The van der Waals surface area contributed by atoms with Gasteiger partial charge in [0.05, 0.1) is 6.10 Å². The Kier molecular flexibility index (Phi) is 4.58. The van der Waals surface area contributed by atoms with E-state index in [9.17, 15) is 0 Å². The standard InChI is InChI=1S/C9H20N2O/c1-11(2)6-3-7-12-9-4-5-10-8-9/h9-10H,3-8H2,1-2H3. The molecule has 0 bridgehead atoms. The van der Waals surface area contributed by atoms with Crippen LogP contribution in [0.2, 0.25) is 0 Å². The van der Waals surface area contributed by atoms with Crippen molar-refractivity contribution < 1.29 is 4.74 Å². The van der Waals surface area contributed by atoms with Crippen LogP contribution < -0.4 is 5.32 Å². The monoisotopic (exact) mass is 172 g/mol. The molecule has 1 aliphatic rings. The minimum Gasteiger partial charge on any atom is -0.377 e. The predicted molar refractivity (Wildman–Crippen MR) is 50.4 cm³/mol. The average molecular weight is 172 g/mol. The van der Waals surface area contributed by atoms with Gasteiger partial charge in [0.25, 0.3) is 0 Å². The second-order valence-corrected chi connectivity index (χ2v) is 3.64. The van der Waals surface area contributed by atoms with Gasteiger partial charge in [-0.15, -0.1) is 0 Å². The largest absolute Gasteiger partial charge is 0.377 e. The van der Waals surface area contributed by atoms with Crippen molar-refractivity contribution in [3.63, 3.8) is 0 Å². The Morgan fingerprint density at radius 1 is 1.50 bits per heavy atom. The van der Waals surface area contributed by atoms with Crippen molar-refractivity contribution in [1.82, 2.24) is 10.2 Å². The van der Waals surface area contributed by atoms with Crippen molar-refractivity contribution in [1.29, 1.82) is 0 Å². The van der Waals surface area contributed by atoms with Gasteiger partial charge >= 0.3 is 0 Å². The molecule has 1 aliphatic heterocycles. The first-order valence-electron chi connectivity index (χ1n) is 4.76. The summed E-state index contributed by atoms with van der Waals surface area (Å²) < 4.78 is 5.66. The summed E-state index contributed by atoms with van der Waals surface area (Å²) in [4.78, 5) is 2.19. The normalized spacial score (nSPS) is 23.8. The molecule has 1 fully saturated rings. The molecule has 12 heavy (non-hydrogen) atoms. The molecule has 0 aliphatic carbocycles. The van der Waals surface area contributed by atoms with Gasteiger partial charge in [-0.1, -0.05) is 0 Å². The summed E-state index contributed by atoms with van der Waals surface area (Å²) >= 11 is 0. The zero-order valence-electron chi connectivity index (χ0n) is 8.18. The number of rotatable bonds is 5. The Morgan fingerprint density at radius 2 is 2.33 bits per heavy atom. The molecule has 72 valence electrons. The van der Waals surface area contributed by atoms with Crippen LogP contribution in [0.15, 0.2) is 0 Å². The van der Waals surface area contributed by atoms with E-state index in [2.05, 4.69) is 24.3 Å². The molecule has 3 heteroatoms. The molecule has 0 aromatic carbocycles. The molecule has 0 aromatic rings. The summed E-state index contributed by atoms with van der Waals surface area (Å²) in [5, 5.41) is 3.29. The summed E-state index contributed by atoms with van der Waals surface area (Å²) in [5.41, 5.74) is 0. The number of hydrogen-bond acceptors (Lipinski definition) is 3. The third-order valence-electron chi connectivity index (χ3n) is 2.12. The van der Waals surface area contributed by atoms with E-state index in [0.29, 0.717) is 6.10 Å². The third-order valence-corrected chi connectivity index (χ3v) is 2.12. The summed E-state index contributed by atoms with van der Waals surface area (Å²) in [5.74, 6) is 0. The molecule has 1 unspecified atom stereocenters. The van der Waals surface area contributed by atoms with Crippen molar-refractivity contribution in [3.8, 4) is 0 Å². The van der Waals surface area contributed by atoms with Crippen LogP contribution in [-0.4, -0.2) is 51.3 Å². The van der Waals surface area contributed by atoms with E-state index in [0.717, 1.165) is 32.7 Å². The van der Waals surface area contributed by atoms with Crippen molar-refractivity contribution in [2.45, 2.75) is 18.9 Å². The molecule has 0 aromatic heterocycles. The maximum Gasteiger partial charge on any atom is 0.0711 e. The molecule has 1 N–H and O–H groups in total. The second-order valence-electron chi connectivity index (χ2n) is 3.64. The van der Waals surface area contributed by atoms with Crippen molar-refractivity contribution in [3.05, 3.63) is 0 Å². The number of hydrogen-bond donors (Lipinski definition) is 1. The lowest BCUT2D eigenvalue weighted by atomic mass is 10.3.